The van der Waals surface area contributed by atoms with Crippen LogP contribution in [0, 0.1) is 19.8 Å². The fourth-order valence-corrected chi connectivity index (χ4v) is 3.95. The van der Waals surface area contributed by atoms with Gasteiger partial charge in [-0.2, -0.15) is 0 Å². The van der Waals surface area contributed by atoms with Crippen molar-refractivity contribution in [2.75, 3.05) is 11.1 Å². The summed E-state index contributed by atoms with van der Waals surface area (Å²) in [7, 11) is 1.85. The van der Waals surface area contributed by atoms with Crippen molar-refractivity contribution in [2.24, 2.45) is 13.0 Å². The van der Waals surface area contributed by atoms with Crippen molar-refractivity contribution >= 4 is 29.3 Å². The smallest absolute Gasteiger partial charge is 0.251 e. The third kappa shape index (κ3) is 5.97. The second-order valence-corrected chi connectivity index (χ2v) is 9.11. The van der Waals surface area contributed by atoms with Crippen molar-refractivity contribution in [1.29, 1.82) is 0 Å². The number of aromatic nitrogens is 3. The monoisotopic (exact) mass is 451 g/mol. The molecule has 0 saturated carbocycles. The molecule has 0 fully saturated rings. The Labute approximate surface area is 193 Å². The largest absolute Gasteiger partial charge is 0.342 e. The molecule has 0 aliphatic heterocycles. The molecule has 1 atom stereocenters. The lowest BCUT2D eigenvalue weighted by molar-refractivity contribution is -0.113. The Morgan fingerprint density at radius 1 is 1.03 bits per heavy atom. The van der Waals surface area contributed by atoms with Gasteiger partial charge >= 0.3 is 0 Å². The lowest BCUT2D eigenvalue weighted by Gasteiger charge is -2.21. The number of rotatable bonds is 8. The zero-order chi connectivity index (χ0) is 23.3. The Bertz CT molecular complexity index is 1090. The molecule has 0 aliphatic carbocycles. The zero-order valence-corrected chi connectivity index (χ0v) is 19.9. The van der Waals surface area contributed by atoms with E-state index < -0.39 is 0 Å². The molecule has 8 heteroatoms. The third-order valence-corrected chi connectivity index (χ3v) is 6.07. The normalized spacial score (nSPS) is 11.9. The van der Waals surface area contributed by atoms with E-state index in [4.69, 9.17) is 0 Å². The zero-order valence-electron chi connectivity index (χ0n) is 19.0. The average molecular weight is 452 g/mol. The molecule has 3 rings (SSSR count). The number of aryl methyl sites for hydroxylation is 2. The fraction of sp³-hybridized carbons (Fsp3) is 0.333. The summed E-state index contributed by atoms with van der Waals surface area (Å²) in [6.45, 7) is 8.01. The molecule has 0 aliphatic rings. The number of carbonyl (C=O) groups is 2. The summed E-state index contributed by atoms with van der Waals surface area (Å²) in [6, 6.07) is 14.8. The molecule has 2 aromatic carbocycles. The molecule has 2 N–H and O–H groups in total. The van der Waals surface area contributed by atoms with Crippen LogP contribution in [0.15, 0.2) is 53.7 Å². The SMILES string of the molecule is Cc1ccc(C(=O)N[C@@H](c2nnc(SCC(=O)Nc3cccc(C)c3)n2C)C(C)C)cc1. The van der Waals surface area contributed by atoms with Crippen LogP contribution in [0.5, 0.6) is 0 Å². The Morgan fingerprint density at radius 3 is 2.41 bits per heavy atom. The molecule has 32 heavy (non-hydrogen) atoms. The summed E-state index contributed by atoms with van der Waals surface area (Å²) >= 11 is 1.31. The lowest BCUT2D eigenvalue weighted by atomic mass is 10.0. The van der Waals surface area contributed by atoms with E-state index in [1.165, 1.54) is 11.8 Å². The Hall–Kier alpha value is -3.13. The van der Waals surface area contributed by atoms with Crippen LogP contribution >= 0.6 is 11.8 Å². The first-order chi connectivity index (χ1) is 15.2. The van der Waals surface area contributed by atoms with Crippen LogP contribution in [-0.2, 0) is 11.8 Å². The van der Waals surface area contributed by atoms with Crippen LogP contribution in [-0.4, -0.2) is 32.3 Å². The summed E-state index contributed by atoms with van der Waals surface area (Å²) in [5, 5.41) is 15.2. The fourth-order valence-electron chi connectivity index (χ4n) is 3.23. The molecule has 1 aromatic heterocycles. The van der Waals surface area contributed by atoms with E-state index in [0.717, 1.165) is 16.8 Å². The van der Waals surface area contributed by atoms with Crippen LogP contribution in [0.3, 0.4) is 0 Å². The van der Waals surface area contributed by atoms with Crippen molar-refractivity contribution in [3.05, 3.63) is 71.0 Å². The molecular formula is C24H29N5O2S. The second-order valence-electron chi connectivity index (χ2n) is 8.17. The van der Waals surface area contributed by atoms with Crippen molar-refractivity contribution in [2.45, 2.75) is 38.9 Å². The van der Waals surface area contributed by atoms with E-state index in [1.807, 2.05) is 87.8 Å². The van der Waals surface area contributed by atoms with Crippen molar-refractivity contribution in [3.8, 4) is 0 Å². The summed E-state index contributed by atoms with van der Waals surface area (Å²) in [6.07, 6.45) is 0. The lowest BCUT2D eigenvalue weighted by Crippen LogP contribution is -2.33. The van der Waals surface area contributed by atoms with Crippen molar-refractivity contribution < 1.29 is 9.59 Å². The van der Waals surface area contributed by atoms with Gasteiger partial charge in [-0.05, 0) is 49.6 Å². The van der Waals surface area contributed by atoms with Gasteiger partial charge in [-0.3, -0.25) is 9.59 Å². The molecule has 0 bridgehead atoms. The highest BCUT2D eigenvalue weighted by atomic mass is 32.2. The maximum absolute atomic E-state index is 12.7. The van der Waals surface area contributed by atoms with Crippen molar-refractivity contribution in [3.63, 3.8) is 0 Å². The standard InChI is InChI=1S/C24H29N5O2S/c1-15(2)21(26-23(31)18-11-9-16(3)10-12-18)22-27-28-24(29(22)5)32-14-20(30)25-19-8-6-7-17(4)13-19/h6-13,15,21H,14H2,1-5H3,(H,25,30)(H,26,31)/t21-/m1/s1. The van der Waals surface area contributed by atoms with E-state index >= 15 is 0 Å². The molecule has 0 unspecified atom stereocenters. The van der Waals surface area contributed by atoms with Gasteiger partial charge in [0.05, 0.1) is 11.8 Å². The maximum Gasteiger partial charge on any atom is 0.251 e. The highest BCUT2D eigenvalue weighted by molar-refractivity contribution is 7.99. The molecule has 0 radical (unpaired) electrons. The highest BCUT2D eigenvalue weighted by Crippen LogP contribution is 2.24. The molecule has 1 heterocycles. The number of carbonyl (C=O) groups excluding carboxylic acids is 2. The maximum atomic E-state index is 12.7. The number of nitrogens with zero attached hydrogens (tertiary/aromatic N) is 3. The van der Waals surface area contributed by atoms with E-state index in [1.54, 1.807) is 0 Å². The number of anilines is 1. The first-order valence-corrected chi connectivity index (χ1v) is 11.5. The van der Waals surface area contributed by atoms with Gasteiger partial charge in [-0.15, -0.1) is 10.2 Å². The molecular weight excluding hydrogens is 422 g/mol. The molecule has 7 nitrogen and oxygen atoms in total. The molecule has 0 saturated heterocycles. The quantitative estimate of drug-likeness (QED) is 0.499. The number of benzene rings is 2. The Balaban J connectivity index is 1.66. The van der Waals surface area contributed by atoms with Gasteiger partial charge in [0, 0.05) is 18.3 Å². The first-order valence-electron chi connectivity index (χ1n) is 10.5. The molecule has 2 amide bonds. The summed E-state index contributed by atoms with van der Waals surface area (Å²) in [4.78, 5) is 25.1. The van der Waals surface area contributed by atoms with E-state index in [2.05, 4.69) is 20.8 Å². The van der Waals surface area contributed by atoms with Crippen LogP contribution in [0.4, 0.5) is 5.69 Å². The summed E-state index contributed by atoms with van der Waals surface area (Å²) in [5.74, 6) is 0.704. The predicted octanol–water partition coefficient (Wildman–Crippen LogP) is 4.29. The van der Waals surface area contributed by atoms with Gasteiger partial charge in [-0.1, -0.05) is 55.4 Å². The number of thioether (sulfide) groups is 1. The van der Waals surface area contributed by atoms with Gasteiger partial charge in [0.2, 0.25) is 5.91 Å². The Kier molecular flexibility index (Phi) is 7.69. The van der Waals surface area contributed by atoms with Gasteiger partial charge in [0.1, 0.15) is 0 Å². The number of hydrogen-bond donors (Lipinski definition) is 2. The van der Waals surface area contributed by atoms with Crippen molar-refractivity contribution in [1.82, 2.24) is 20.1 Å². The number of hydrogen-bond acceptors (Lipinski definition) is 5. The van der Waals surface area contributed by atoms with E-state index in [9.17, 15) is 9.59 Å². The summed E-state index contributed by atoms with van der Waals surface area (Å²) < 4.78 is 1.84. The Morgan fingerprint density at radius 2 is 1.75 bits per heavy atom. The van der Waals surface area contributed by atoms with Gasteiger partial charge < -0.3 is 15.2 Å². The van der Waals surface area contributed by atoms with Crippen LogP contribution in [0.25, 0.3) is 0 Å². The van der Waals surface area contributed by atoms with E-state index in [0.29, 0.717) is 16.5 Å². The predicted molar refractivity (Wildman–Crippen MR) is 128 cm³/mol. The molecule has 3 aromatic rings. The number of nitrogens with one attached hydrogen (secondary N) is 2. The average Bonchev–Trinajstić information content (AvgIpc) is 3.10. The molecule has 0 spiro atoms. The minimum Gasteiger partial charge on any atom is -0.342 e. The van der Waals surface area contributed by atoms with Gasteiger partial charge in [-0.25, -0.2) is 0 Å². The topological polar surface area (TPSA) is 88.9 Å². The van der Waals surface area contributed by atoms with Crippen LogP contribution < -0.4 is 10.6 Å². The number of amides is 2. The first kappa shape index (κ1) is 23.5. The highest BCUT2D eigenvalue weighted by Gasteiger charge is 2.25. The van der Waals surface area contributed by atoms with Gasteiger partial charge in [0.15, 0.2) is 11.0 Å². The van der Waals surface area contributed by atoms with Gasteiger partial charge in [0.25, 0.3) is 5.91 Å². The third-order valence-electron chi connectivity index (χ3n) is 5.05. The van der Waals surface area contributed by atoms with Crippen LogP contribution in [0.1, 0.15) is 47.2 Å². The molecule has 168 valence electrons. The van der Waals surface area contributed by atoms with E-state index in [-0.39, 0.29) is 29.5 Å². The minimum atomic E-state index is -0.309. The van der Waals surface area contributed by atoms with Crippen LogP contribution in [0.2, 0.25) is 0 Å². The summed E-state index contributed by atoms with van der Waals surface area (Å²) in [5.41, 5.74) is 3.56. The minimum absolute atomic E-state index is 0.106. The second kappa shape index (κ2) is 10.5.